The van der Waals surface area contributed by atoms with E-state index in [9.17, 15) is 19.7 Å². The highest BCUT2D eigenvalue weighted by molar-refractivity contribution is 5.87. The molecule has 0 aliphatic carbocycles. The van der Waals surface area contributed by atoms with Crippen LogP contribution in [0.25, 0.3) is 17.0 Å². The minimum atomic E-state index is -0.628. The number of hydrogen-bond donors (Lipinski definition) is 0. The van der Waals surface area contributed by atoms with Crippen LogP contribution in [-0.2, 0) is 16.1 Å². The van der Waals surface area contributed by atoms with E-state index >= 15 is 0 Å². The summed E-state index contributed by atoms with van der Waals surface area (Å²) in [6.45, 7) is 3.76. The lowest BCUT2D eigenvalue weighted by Gasteiger charge is -2.08. The van der Waals surface area contributed by atoms with Gasteiger partial charge in [-0.15, -0.1) is 0 Å². The number of aryl methyl sites for hydroxylation is 2. The SMILES string of the molecule is Cc1cc2oc(=O)cc(COC(=O)/C=C/c3cccc([N+](=O)[O-])c3)c2cc1C. The first kappa shape index (κ1) is 19.0. The van der Waals surface area contributed by atoms with E-state index in [4.69, 9.17) is 9.15 Å². The van der Waals surface area contributed by atoms with E-state index in [1.807, 2.05) is 19.9 Å². The van der Waals surface area contributed by atoms with Crippen molar-refractivity contribution >= 4 is 28.7 Å². The highest BCUT2D eigenvalue weighted by Crippen LogP contribution is 2.22. The van der Waals surface area contributed by atoms with Crippen molar-refractivity contribution in [3.63, 3.8) is 0 Å². The molecule has 2 aromatic carbocycles. The summed E-state index contributed by atoms with van der Waals surface area (Å²) in [5.74, 6) is -0.628. The van der Waals surface area contributed by atoms with Crippen LogP contribution in [0.1, 0.15) is 22.3 Å². The molecule has 0 saturated heterocycles. The summed E-state index contributed by atoms with van der Waals surface area (Å²) >= 11 is 0. The second kappa shape index (κ2) is 7.87. The van der Waals surface area contributed by atoms with Crippen molar-refractivity contribution in [3.8, 4) is 0 Å². The number of carbonyl (C=O) groups excluding carboxylic acids is 1. The second-order valence-electron chi connectivity index (χ2n) is 6.32. The number of benzene rings is 2. The maximum absolute atomic E-state index is 12.0. The predicted octanol–water partition coefficient (Wildman–Crippen LogP) is 4.07. The number of carbonyl (C=O) groups is 1. The van der Waals surface area contributed by atoms with E-state index < -0.39 is 16.5 Å². The first-order chi connectivity index (χ1) is 13.3. The lowest BCUT2D eigenvalue weighted by molar-refractivity contribution is -0.384. The molecule has 0 N–H and O–H groups in total. The topological polar surface area (TPSA) is 99.7 Å². The number of fused-ring (bicyclic) bond motifs is 1. The zero-order chi connectivity index (χ0) is 20.3. The van der Waals surface area contributed by atoms with Crippen LogP contribution >= 0.6 is 0 Å². The van der Waals surface area contributed by atoms with E-state index in [1.54, 1.807) is 12.1 Å². The Kier molecular flexibility index (Phi) is 5.35. The van der Waals surface area contributed by atoms with Gasteiger partial charge in [-0.2, -0.15) is 0 Å². The number of hydrogen-bond acceptors (Lipinski definition) is 6. The zero-order valence-electron chi connectivity index (χ0n) is 15.3. The van der Waals surface area contributed by atoms with Crippen LogP contribution in [0.15, 0.2) is 57.8 Å². The standard InChI is InChI=1S/C21H17NO6/c1-13-8-18-16(11-21(24)28-19(18)9-14(13)2)12-27-20(23)7-6-15-4-3-5-17(10-15)22(25)26/h3-11H,12H2,1-2H3/b7-6+. The number of rotatable bonds is 5. The van der Waals surface area contributed by atoms with Crippen LogP contribution < -0.4 is 5.63 Å². The third-order valence-electron chi connectivity index (χ3n) is 4.31. The van der Waals surface area contributed by atoms with Crippen LogP contribution in [0.2, 0.25) is 0 Å². The molecule has 7 heteroatoms. The smallest absolute Gasteiger partial charge is 0.336 e. The first-order valence-corrected chi connectivity index (χ1v) is 8.47. The minimum Gasteiger partial charge on any atom is -0.458 e. The fourth-order valence-corrected chi connectivity index (χ4v) is 2.71. The van der Waals surface area contributed by atoms with Gasteiger partial charge in [-0.05, 0) is 48.7 Å². The molecule has 0 aliphatic heterocycles. The number of esters is 1. The van der Waals surface area contributed by atoms with Crippen molar-refractivity contribution in [1.29, 1.82) is 0 Å². The third kappa shape index (κ3) is 4.32. The lowest BCUT2D eigenvalue weighted by Crippen LogP contribution is -2.06. The Morgan fingerprint density at radius 3 is 2.68 bits per heavy atom. The molecule has 7 nitrogen and oxygen atoms in total. The molecule has 0 amide bonds. The van der Waals surface area contributed by atoms with Crippen molar-refractivity contribution in [3.05, 3.63) is 91.3 Å². The van der Waals surface area contributed by atoms with Crippen LogP contribution in [0.4, 0.5) is 5.69 Å². The third-order valence-corrected chi connectivity index (χ3v) is 4.31. The monoisotopic (exact) mass is 379 g/mol. The van der Waals surface area contributed by atoms with E-state index in [2.05, 4.69) is 0 Å². The average Bonchev–Trinajstić information content (AvgIpc) is 2.66. The summed E-state index contributed by atoms with van der Waals surface area (Å²) in [5, 5.41) is 11.5. The van der Waals surface area contributed by atoms with Crippen molar-refractivity contribution in [1.82, 2.24) is 0 Å². The molecule has 1 aromatic heterocycles. The summed E-state index contributed by atoms with van der Waals surface area (Å²) in [6, 6.07) is 10.8. The molecular weight excluding hydrogens is 362 g/mol. The summed E-state index contributed by atoms with van der Waals surface area (Å²) in [4.78, 5) is 34.1. The van der Waals surface area contributed by atoms with Crippen molar-refractivity contribution in [2.24, 2.45) is 0 Å². The maximum Gasteiger partial charge on any atom is 0.336 e. The molecule has 0 aliphatic rings. The summed E-state index contributed by atoms with van der Waals surface area (Å²) in [7, 11) is 0. The molecular formula is C21H17NO6. The normalized spacial score (nSPS) is 11.1. The van der Waals surface area contributed by atoms with Gasteiger partial charge in [-0.1, -0.05) is 12.1 Å². The quantitative estimate of drug-likeness (QED) is 0.218. The van der Waals surface area contributed by atoms with Gasteiger partial charge in [0, 0.05) is 35.2 Å². The van der Waals surface area contributed by atoms with Gasteiger partial charge in [-0.25, -0.2) is 9.59 Å². The molecule has 1 heterocycles. The lowest BCUT2D eigenvalue weighted by atomic mass is 10.0. The number of ether oxygens (including phenoxy) is 1. The molecule has 28 heavy (non-hydrogen) atoms. The Morgan fingerprint density at radius 1 is 1.18 bits per heavy atom. The molecule has 3 aromatic rings. The van der Waals surface area contributed by atoms with Crippen LogP contribution in [0.3, 0.4) is 0 Å². The molecule has 0 spiro atoms. The van der Waals surface area contributed by atoms with Crippen LogP contribution in [-0.4, -0.2) is 10.9 Å². The fourth-order valence-electron chi connectivity index (χ4n) is 2.71. The van der Waals surface area contributed by atoms with E-state index in [-0.39, 0.29) is 12.3 Å². The fraction of sp³-hybridized carbons (Fsp3) is 0.143. The van der Waals surface area contributed by atoms with Gasteiger partial charge >= 0.3 is 11.6 Å². The molecule has 0 radical (unpaired) electrons. The summed E-state index contributed by atoms with van der Waals surface area (Å²) < 4.78 is 10.4. The van der Waals surface area contributed by atoms with Crippen molar-refractivity contribution in [2.75, 3.05) is 0 Å². The van der Waals surface area contributed by atoms with Crippen molar-refractivity contribution in [2.45, 2.75) is 20.5 Å². The van der Waals surface area contributed by atoms with Gasteiger partial charge in [0.25, 0.3) is 5.69 Å². The second-order valence-corrected chi connectivity index (χ2v) is 6.32. The summed E-state index contributed by atoms with van der Waals surface area (Å²) in [6.07, 6.45) is 2.61. The van der Waals surface area contributed by atoms with E-state index in [0.717, 1.165) is 11.1 Å². The van der Waals surface area contributed by atoms with Gasteiger partial charge in [-0.3, -0.25) is 10.1 Å². The molecule has 0 saturated carbocycles. The molecule has 0 unspecified atom stereocenters. The predicted molar refractivity (Wildman–Crippen MR) is 104 cm³/mol. The first-order valence-electron chi connectivity index (χ1n) is 8.47. The van der Waals surface area contributed by atoms with Gasteiger partial charge in [0.1, 0.15) is 12.2 Å². The van der Waals surface area contributed by atoms with Gasteiger partial charge in [0.05, 0.1) is 4.92 Å². The maximum atomic E-state index is 12.0. The summed E-state index contributed by atoms with van der Waals surface area (Å²) in [5.41, 5.74) is 2.92. The average molecular weight is 379 g/mol. The Labute approximate surface area is 160 Å². The number of nitro benzene ring substituents is 1. The Morgan fingerprint density at radius 2 is 1.93 bits per heavy atom. The van der Waals surface area contributed by atoms with E-state index in [0.29, 0.717) is 22.1 Å². The minimum absolute atomic E-state index is 0.0661. The number of nitrogens with zero attached hydrogens (tertiary/aromatic N) is 1. The van der Waals surface area contributed by atoms with Gasteiger partial charge in [0.2, 0.25) is 0 Å². The number of non-ortho nitro benzene ring substituents is 1. The van der Waals surface area contributed by atoms with Crippen LogP contribution in [0.5, 0.6) is 0 Å². The molecule has 0 bridgehead atoms. The highest BCUT2D eigenvalue weighted by atomic mass is 16.6. The van der Waals surface area contributed by atoms with E-state index in [1.165, 1.54) is 36.4 Å². The van der Waals surface area contributed by atoms with Gasteiger partial charge < -0.3 is 9.15 Å². The zero-order valence-corrected chi connectivity index (χ0v) is 15.3. The molecule has 0 atom stereocenters. The number of nitro groups is 1. The highest BCUT2D eigenvalue weighted by Gasteiger charge is 2.10. The Balaban J connectivity index is 1.76. The Hall–Kier alpha value is -3.74. The van der Waals surface area contributed by atoms with Crippen LogP contribution in [0, 0.1) is 24.0 Å². The molecule has 0 fully saturated rings. The van der Waals surface area contributed by atoms with Gasteiger partial charge in [0.15, 0.2) is 0 Å². The van der Waals surface area contributed by atoms with Crippen molar-refractivity contribution < 1.29 is 18.9 Å². The molecule has 3 rings (SSSR count). The molecule has 142 valence electrons. The Bertz CT molecular complexity index is 1160. The largest absolute Gasteiger partial charge is 0.458 e.